The van der Waals surface area contributed by atoms with Crippen LogP contribution >= 0.6 is 11.8 Å². The second kappa shape index (κ2) is 7.43. The van der Waals surface area contributed by atoms with Crippen LogP contribution < -0.4 is 9.47 Å². The Kier molecular flexibility index (Phi) is 5.59. The highest BCUT2D eigenvalue weighted by Crippen LogP contribution is 2.34. The summed E-state index contributed by atoms with van der Waals surface area (Å²) in [5.41, 5.74) is 0.887. The molecular weight excluding hydrogens is 276 g/mol. The van der Waals surface area contributed by atoms with Gasteiger partial charge in [0.2, 0.25) is 0 Å². The van der Waals surface area contributed by atoms with Gasteiger partial charge in [0.1, 0.15) is 6.10 Å². The lowest BCUT2D eigenvalue weighted by Gasteiger charge is -2.24. The molecule has 1 fully saturated rings. The Labute approximate surface area is 123 Å². The molecule has 2 rings (SSSR count). The van der Waals surface area contributed by atoms with Gasteiger partial charge in [-0.05, 0) is 42.4 Å². The molecule has 0 unspecified atom stereocenters. The van der Waals surface area contributed by atoms with E-state index in [1.54, 1.807) is 7.11 Å². The van der Waals surface area contributed by atoms with Gasteiger partial charge in [-0.25, -0.2) is 0 Å². The molecule has 1 heterocycles. The van der Waals surface area contributed by atoms with Crippen molar-refractivity contribution >= 4 is 17.7 Å². The summed E-state index contributed by atoms with van der Waals surface area (Å²) in [6, 6.07) is 5.68. The number of thioether (sulfide) groups is 1. The predicted octanol–water partition coefficient (Wildman–Crippen LogP) is 2.99. The standard InChI is InChI=1S/C15H20O4S/c1-18-15-11(5-6-14(16)17)3-2-4-13(15)19-12-7-9-20-10-8-12/h2-4,12H,5-10H2,1H3,(H,16,17). The third kappa shape index (κ3) is 4.07. The van der Waals surface area contributed by atoms with E-state index < -0.39 is 5.97 Å². The number of carbonyl (C=O) groups is 1. The number of carboxylic acids is 1. The third-order valence-corrected chi connectivity index (χ3v) is 4.38. The summed E-state index contributed by atoms with van der Waals surface area (Å²) in [7, 11) is 1.60. The maximum Gasteiger partial charge on any atom is 0.303 e. The van der Waals surface area contributed by atoms with Crippen molar-refractivity contribution in [2.45, 2.75) is 31.8 Å². The summed E-state index contributed by atoms with van der Waals surface area (Å²) in [5.74, 6) is 2.86. The maximum absolute atomic E-state index is 10.7. The van der Waals surface area contributed by atoms with Gasteiger partial charge >= 0.3 is 5.97 Å². The minimum absolute atomic E-state index is 0.0971. The summed E-state index contributed by atoms with van der Waals surface area (Å²) in [6.45, 7) is 0. The normalized spacial score (nSPS) is 15.8. The van der Waals surface area contributed by atoms with E-state index in [1.165, 1.54) is 0 Å². The van der Waals surface area contributed by atoms with Gasteiger partial charge in [0, 0.05) is 6.42 Å². The molecule has 0 aromatic heterocycles. The highest BCUT2D eigenvalue weighted by atomic mass is 32.2. The van der Waals surface area contributed by atoms with Crippen LogP contribution in [0.5, 0.6) is 11.5 Å². The SMILES string of the molecule is COc1c(CCC(=O)O)cccc1OC1CCSCC1. The molecule has 0 aliphatic carbocycles. The molecule has 1 aliphatic heterocycles. The highest BCUT2D eigenvalue weighted by molar-refractivity contribution is 7.99. The van der Waals surface area contributed by atoms with Crippen LogP contribution in [0, 0.1) is 0 Å². The molecule has 0 amide bonds. The van der Waals surface area contributed by atoms with Crippen molar-refractivity contribution in [1.82, 2.24) is 0 Å². The number of methoxy groups -OCH3 is 1. The van der Waals surface area contributed by atoms with Crippen LogP contribution in [0.25, 0.3) is 0 Å². The van der Waals surface area contributed by atoms with Crippen molar-refractivity contribution in [2.75, 3.05) is 18.6 Å². The molecule has 4 nitrogen and oxygen atoms in total. The van der Waals surface area contributed by atoms with E-state index in [1.807, 2.05) is 30.0 Å². The van der Waals surface area contributed by atoms with Crippen LogP contribution in [-0.4, -0.2) is 35.8 Å². The fourth-order valence-electron chi connectivity index (χ4n) is 2.30. The molecule has 0 radical (unpaired) electrons. The monoisotopic (exact) mass is 296 g/mol. The Morgan fingerprint density at radius 2 is 2.15 bits per heavy atom. The minimum Gasteiger partial charge on any atom is -0.493 e. The number of aliphatic carboxylic acids is 1. The van der Waals surface area contributed by atoms with Gasteiger partial charge in [0.15, 0.2) is 11.5 Å². The van der Waals surface area contributed by atoms with Crippen molar-refractivity contribution < 1.29 is 19.4 Å². The Hall–Kier alpha value is -1.36. The number of hydrogen-bond acceptors (Lipinski definition) is 4. The first-order valence-corrected chi connectivity index (χ1v) is 7.98. The average Bonchev–Trinajstić information content (AvgIpc) is 2.46. The quantitative estimate of drug-likeness (QED) is 0.874. The number of benzene rings is 1. The van der Waals surface area contributed by atoms with E-state index in [-0.39, 0.29) is 12.5 Å². The molecule has 1 saturated heterocycles. The van der Waals surface area contributed by atoms with Gasteiger partial charge in [-0.2, -0.15) is 11.8 Å². The summed E-state index contributed by atoms with van der Waals surface area (Å²) >= 11 is 1.96. The maximum atomic E-state index is 10.7. The number of carboxylic acid groups (broad SMARTS) is 1. The number of ether oxygens (including phenoxy) is 2. The molecule has 110 valence electrons. The van der Waals surface area contributed by atoms with Crippen molar-refractivity contribution in [2.24, 2.45) is 0 Å². The molecular formula is C15H20O4S. The van der Waals surface area contributed by atoms with Crippen LogP contribution in [0.2, 0.25) is 0 Å². The van der Waals surface area contributed by atoms with Crippen molar-refractivity contribution in [3.63, 3.8) is 0 Å². The molecule has 5 heteroatoms. The summed E-state index contributed by atoms with van der Waals surface area (Å²) in [6.07, 6.45) is 2.89. The lowest BCUT2D eigenvalue weighted by Crippen LogP contribution is -2.22. The number of aryl methyl sites for hydroxylation is 1. The summed E-state index contributed by atoms with van der Waals surface area (Å²) < 4.78 is 11.5. The molecule has 20 heavy (non-hydrogen) atoms. The largest absolute Gasteiger partial charge is 0.493 e. The fourth-order valence-corrected chi connectivity index (χ4v) is 3.36. The topological polar surface area (TPSA) is 55.8 Å². The fraction of sp³-hybridized carbons (Fsp3) is 0.533. The lowest BCUT2D eigenvalue weighted by molar-refractivity contribution is -0.136. The van der Waals surface area contributed by atoms with Gasteiger partial charge in [0.25, 0.3) is 0 Å². The lowest BCUT2D eigenvalue weighted by atomic mass is 10.1. The predicted molar refractivity (Wildman–Crippen MR) is 79.9 cm³/mol. The molecule has 0 saturated carbocycles. The Morgan fingerprint density at radius 1 is 1.40 bits per heavy atom. The number of hydrogen-bond donors (Lipinski definition) is 1. The van der Waals surface area contributed by atoms with E-state index >= 15 is 0 Å². The van der Waals surface area contributed by atoms with Crippen molar-refractivity contribution in [1.29, 1.82) is 0 Å². The highest BCUT2D eigenvalue weighted by Gasteiger charge is 2.18. The molecule has 1 aromatic carbocycles. The molecule has 1 aliphatic rings. The van der Waals surface area contributed by atoms with Crippen molar-refractivity contribution in [3.8, 4) is 11.5 Å². The van der Waals surface area contributed by atoms with Crippen LogP contribution in [0.15, 0.2) is 18.2 Å². The third-order valence-electron chi connectivity index (χ3n) is 3.33. The average molecular weight is 296 g/mol. The summed E-state index contributed by atoms with van der Waals surface area (Å²) in [5, 5.41) is 8.79. The van der Waals surface area contributed by atoms with Gasteiger partial charge in [-0.15, -0.1) is 0 Å². The Bertz CT molecular complexity index is 455. The first-order chi connectivity index (χ1) is 9.70. The van der Waals surface area contributed by atoms with E-state index in [9.17, 15) is 4.79 Å². The van der Waals surface area contributed by atoms with E-state index in [2.05, 4.69) is 0 Å². The smallest absolute Gasteiger partial charge is 0.303 e. The molecule has 1 aromatic rings. The number of rotatable bonds is 6. The van der Waals surface area contributed by atoms with E-state index in [4.69, 9.17) is 14.6 Å². The zero-order valence-corrected chi connectivity index (χ0v) is 12.4. The van der Waals surface area contributed by atoms with Crippen LogP contribution in [0.3, 0.4) is 0 Å². The molecule has 0 atom stereocenters. The van der Waals surface area contributed by atoms with Crippen molar-refractivity contribution in [3.05, 3.63) is 23.8 Å². The second-order valence-corrected chi connectivity index (χ2v) is 6.00. The first kappa shape index (κ1) is 15.0. The zero-order chi connectivity index (χ0) is 14.4. The summed E-state index contributed by atoms with van der Waals surface area (Å²) in [4.78, 5) is 10.7. The molecule has 0 bridgehead atoms. The van der Waals surface area contributed by atoms with Gasteiger partial charge in [-0.3, -0.25) is 4.79 Å². The molecule has 1 N–H and O–H groups in total. The van der Waals surface area contributed by atoms with Crippen LogP contribution in [-0.2, 0) is 11.2 Å². The minimum atomic E-state index is -0.803. The molecule has 0 spiro atoms. The van der Waals surface area contributed by atoms with Crippen LogP contribution in [0.1, 0.15) is 24.8 Å². The Morgan fingerprint density at radius 3 is 2.80 bits per heavy atom. The number of para-hydroxylation sites is 1. The Balaban J connectivity index is 2.10. The van der Waals surface area contributed by atoms with E-state index in [0.717, 1.165) is 35.7 Å². The zero-order valence-electron chi connectivity index (χ0n) is 11.6. The van der Waals surface area contributed by atoms with Gasteiger partial charge in [0.05, 0.1) is 7.11 Å². The van der Waals surface area contributed by atoms with Gasteiger partial charge < -0.3 is 14.6 Å². The van der Waals surface area contributed by atoms with Crippen LogP contribution in [0.4, 0.5) is 0 Å². The first-order valence-electron chi connectivity index (χ1n) is 6.82. The van der Waals surface area contributed by atoms with Gasteiger partial charge in [-0.1, -0.05) is 12.1 Å². The second-order valence-electron chi connectivity index (χ2n) is 4.77. The van der Waals surface area contributed by atoms with E-state index in [0.29, 0.717) is 12.2 Å².